The van der Waals surface area contributed by atoms with E-state index in [9.17, 15) is 18.0 Å². The van der Waals surface area contributed by atoms with E-state index in [1.54, 1.807) is 17.4 Å². The van der Waals surface area contributed by atoms with Gasteiger partial charge in [-0.15, -0.1) is 0 Å². The van der Waals surface area contributed by atoms with Crippen LogP contribution in [-0.4, -0.2) is 24.8 Å². The number of rotatable bonds is 2. The van der Waals surface area contributed by atoms with Crippen LogP contribution < -0.4 is 16.0 Å². The van der Waals surface area contributed by atoms with Crippen molar-refractivity contribution < 1.29 is 18.0 Å². The van der Waals surface area contributed by atoms with Crippen LogP contribution in [-0.2, 0) is 6.42 Å². The first kappa shape index (κ1) is 14.5. The number of benzene rings is 1. The highest BCUT2D eigenvalue weighted by Crippen LogP contribution is 2.32. The third-order valence-electron chi connectivity index (χ3n) is 3.09. The largest absolute Gasteiger partial charge is 0.405 e. The molecule has 1 aromatic carbocycles. The first-order chi connectivity index (χ1) is 9.35. The molecule has 3 N–H and O–H groups in total. The summed E-state index contributed by atoms with van der Waals surface area (Å²) >= 11 is 0. The van der Waals surface area contributed by atoms with E-state index < -0.39 is 18.8 Å². The molecule has 1 heterocycles. The molecule has 20 heavy (non-hydrogen) atoms. The van der Waals surface area contributed by atoms with E-state index in [0.717, 1.165) is 24.1 Å². The molecule has 0 saturated carbocycles. The quantitative estimate of drug-likeness (QED) is 0.783. The lowest BCUT2D eigenvalue weighted by molar-refractivity contribution is -0.122. The van der Waals surface area contributed by atoms with Crippen molar-refractivity contribution in [3.8, 4) is 0 Å². The summed E-state index contributed by atoms with van der Waals surface area (Å²) in [5.41, 5.74) is 2.33. The van der Waals surface area contributed by atoms with Gasteiger partial charge in [0.1, 0.15) is 6.54 Å². The Kier molecular flexibility index (Phi) is 4.06. The highest BCUT2D eigenvalue weighted by Gasteiger charge is 2.28. The summed E-state index contributed by atoms with van der Waals surface area (Å²) in [6.45, 7) is 0.668. The zero-order chi connectivity index (χ0) is 14.8. The maximum atomic E-state index is 12.0. The topological polar surface area (TPSA) is 53.2 Å². The summed E-state index contributed by atoms with van der Waals surface area (Å²) in [5, 5.41) is 7.48. The van der Waals surface area contributed by atoms with Gasteiger partial charge in [0.2, 0.25) is 0 Å². The highest BCUT2D eigenvalue weighted by molar-refractivity contribution is 5.93. The molecule has 1 aliphatic heterocycles. The van der Waals surface area contributed by atoms with Crippen LogP contribution in [0.1, 0.15) is 18.9 Å². The molecular formula is C13H16F3N3O. The smallest absolute Gasteiger partial charge is 0.381 e. The van der Waals surface area contributed by atoms with Crippen molar-refractivity contribution in [2.75, 3.05) is 17.2 Å². The van der Waals surface area contributed by atoms with Gasteiger partial charge in [0, 0.05) is 6.04 Å². The molecule has 2 rings (SSSR count). The molecule has 1 unspecified atom stereocenters. The van der Waals surface area contributed by atoms with Crippen LogP contribution in [0.2, 0.25) is 0 Å². The van der Waals surface area contributed by atoms with E-state index >= 15 is 0 Å². The summed E-state index contributed by atoms with van der Waals surface area (Å²) in [6, 6.07) is 4.78. The Morgan fingerprint density at radius 3 is 2.90 bits per heavy atom. The number of anilines is 2. The van der Waals surface area contributed by atoms with Crippen LogP contribution in [0.15, 0.2) is 18.2 Å². The van der Waals surface area contributed by atoms with Crippen LogP contribution in [0, 0.1) is 0 Å². The summed E-state index contributed by atoms with van der Waals surface area (Å²) in [7, 11) is 0. The molecule has 4 nitrogen and oxygen atoms in total. The number of para-hydroxylation sites is 1. The van der Waals surface area contributed by atoms with Gasteiger partial charge in [-0.2, -0.15) is 13.2 Å². The molecule has 0 radical (unpaired) electrons. The van der Waals surface area contributed by atoms with Gasteiger partial charge < -0.3 is 16.0 Å². The van der Waals surface area contributed by atoms with Crippen molar-refractivity contribution in [3.63, 3.8) is 0 Å². The first-order valence-corrected chi connectivity index (χ1v) is 6.35. The second-order valence-electron chi connectivity index (χ2n) is 4.85. The zero-order valence-corrected chi connectivity index (χ0v) is 11.0. The first-order valence-electron chi connectivity index (χ1n) is 6.35. The van der Waals surface area contributed by atoms with Gasteiger partial charge in [-0.3, -0.25) is 0 Å². The monoisotopic (exact) mass is 287 g/mol. The molecule has 1 aromatic rings. The van der Waals surface area contributed by atoms with Gasteiger partial charge in [0.05, 0.1) is 11.4 Å². The van der Waals surface area contributed by atoms with Gasteiger partial charge in [-0.25, -0.2) is 4.79 Å². The van der Waals surface area contributed by atoms with Crippen LogP contribution in [0.3, 0.4) is 0 Å². The number of aryl methyl sites for hydroxylation is 1. The van der Waals surface area contributed by atoms with Gasteiger partial charge in [-0.05, 0) is 31.4 Å². The third kappa shape index (κ3) is 3.79. The third-order valence-corrected chi connectivity index (χ3v) is 3.09. The second kappa shape index (κ2) is 5.60. The molecule has 0 saturated heterocycles. The molecule has 110 valence electrons. The standard InChI is InChI=1S/C13H16F3N3O/c1-8-5-6-9-3-2-4-10(11(9)18-8)19-12(20)17-7-13(14,15)16/h2-4,8,18H,5-7H2,1H3,(H2,17,19,20). The number of hydrogen-bond donors (Lipinski definition) is 3. The molecule has 0 spiro atoms. The van der Waals surface area contributed by atoms with E-state index in [-0.39, 0.29) is 6.04 Å². The number of hydrogen-bond acceptors (Lipinski definition) is 2. The van der Waals surface area contributed by atoms with Crippen LogP contribution in [0.4, 0.5) is 29.3 Å². The summed E-state index contributed by atoms with van der Waals surface area (Å²) < 4.78 is 36.1. The van der Waals surface area contributed by atoms with Crippen molar-refractivity contribution in [1.82, 2.24) is 5.32 Å². The average Bonchev–Trinajstić information content (AvgIpc) is 2.36. The van der Waals surface area contributed by atoms with E-state index in [4.69, 9.17) is 0 Å². The number of carbonyl (C=O) groups is 1. The van der Waals surface area contributed by atoms with E-state index in [0.29, 0.717) is 5.69 Å². The Labute approximate surface area is 114 Å². The van der Waals surface area contributed by atoms with E-state index in [1.165, 1.54) is 0 Å². The molecule has 0 bridgehead atoms. The number of nitrogens with one attached hydrogen (secondary N) is 3. The van der Waals surface area contributed by atoms with Gasteiger partial charge in [0.25, 0.3) is 0 Å². The van der Waals surface area contributed by atoms with Gasteiger partial charge in [-0.1, -0.05) is 12.1 Å². The van der Waals surface area contributed by atoms with Gasteiger partial charge >= 0.3 is 12.2 Å². The summed E-state index contributed by atoms with van der Waals surface area (Å²) in [5.74, 6) is 0. The molecular weight excluding hydrogens is 271 g/mol. The maximum Gasteiger partial charge on any atom is 0.405 e. The minimum atomic E-state index is -4.42. The summed E-state index contributed by atoms with van der Waals surface area (Å²) in [4.78, 5) is 11.5. The highest BCUT2D eigenvalue weighted by atomic mass is 19.4. The fourth-order valence-corrected chi connectivity index (χ4v) is 2.12. The molecule has 1 atom stereocenters. The van der Waals surface area contributed by atoms with Crippen LogP contribution in [0.25, 0.3) is 0 Å². The van der Waals surface area contributed by atoms with E-state index in [2.05, 4.69) is 10.6 Å². The predicted molar refractivity (Wildman–Crippen MR) is 70.9 cm³/mol. The molecule has 2 amide bonds. The maximum absolute atomic E-state index is 12.0. The van der Waals surface area contributed by atoms with Crippen molar-refractivity contribution in [2.45, 2.75) is 32.0 Å². The van der Waals surface area contributed by atoms with Crippen molar-refractivity contribution >= 4 is 17.4 Å². The summed E-state index contributed by atoms with van der Waals surface area (Å²) in [6.07, 6.45) is -2.56. The van der Waals surface area contributed by atoms with Gasteiger partial charge in [0.15, 0.2) is 0 Å². The van der Waals surface area contributed by atoms with E-state index in [1.807, 2.05) is 13.0 Å². The van der Waals surface area contributed by atoms with Crippen molar-refractivity contribution in [3.05, 3.63) is 23.8 Å². The molecule has 0 aliphatic carbocycles. The Morgan fingerprint density at radius 2 is 2.20 bits per heavy atom. The van der Waals surface area contributed by atoms with Crippen LogP contribution in [0.5, 0.6) is 0 Å². The van der Waals surface area contributed by atoms with Crippen molar-refractivity contribution in [2.24, 2.45) is 0 Å². The van der Waals surface area contributed by atoms with Crippen LogP contribution >= 0.6 is 0 Å². The number of halogens is 3. The normalized spacial score (nSPS) is 17.9. The Balaban J connectivity index is 2.05. The molecule has 0 fully saturated rings. The zero-order valence-electron chi connectivity index (χ0n) is 11.0. The number of alkyl halides is 3. The minimum Gasteiger partial charge on any atom is -0.381 e. The second-order valence-corrected chi connectivity index (χ2v) is 4.85. The fourth-order valence-electron chi connectivity index (χ4n) is 2.12. The number of urea groups is 1. The average molecular weight is 287 g/mol. The lowest BCUT2D eigenvalue weighted by Crippen LogP contribution is -2.37. The lowest BCUT2D eigenvalue weighted by Gasteiger charge is -2.26. The molecule has 0 aromatic heterocycles. The minimum absolute atomic E-state index is 0.267. The number of amides is 2. The lowest BCUT2D eigenvalue weighted by atomic mass is 9.98. The fraction of sp³-hybridized carbons (Fsp3) is 0.462. The Hall–Kier alpha value is -1.92. The van der Waals surface area contributed by atoms with Crippen molar-refractivity contribution in [1.29, 1.82) is 0 Å². The number of carbonyl (C=O) groups excluding carboxylic acids is 1. The molecule has 1 aliphatic rings. The SMILES string of the molecule is CC1CCc2cccc(NC(=O)NCC(F)(F)F)c2N1. The Bertz CT molecular complexity index is 502. The number of fused-ring (bicyclic) bond motifs is 1. The predicted octanol–water partition coefficient (Wildman–Crippen LogP) is 3.12. The Morgan fingerprint density at radius 1 is 1.45 bits per heavy atom. The molecule has 7 heteroatoms.